The summed E-state index contributed by atoms with van der Waals surface area (Å²) >= 11 is 0. The Kier molecular flexibility index (Phi) is 5.64. The van der Waals surface area contributed by atoms with Crippen LogP contribution in [0.4, 0.5) is 4.39 Å². The van der Waals surface area contributed by atoms with E-state index in [2.05, 4.69) is 5.32 Å². The molecular formula is C16H22ClFN2O2. The minimum atomic E-state index is -0.329. The van der Waals surface area contributed by atoms with Gasteiger partial charge in [0.1, 0.15) is 18.2 Å². The molecule has 3 rings (SSSR count). The lowest BCUT2D eigenvalue weighted by Gasteiger charge is -2.26. The second-order valence-corrected chi connectivity index (χ2v) is 6.03. The van der Waals surface area contributed by atoms with Crippen LogP contribution in [-0.4, -0.2) is 25.1 Å². The second kappa shape index (κ2) is 7.29. The topological polar surface area (TPSA) is 64.4 Å². The highest BCUT2D eigenvalue weighted by Gasteiger charge is 2.48. The van der Waals surface area contributed by atoms with Crippen LogP contribution in [0.15, 0.2) is 24.3 Å². The number of halogens is 2. The maximum atomic E-state index is 13.0. The molecule has 1 amide bonds. The van der Waals surface area contributed by atoms with Gasteiger partial charge in [0.25, 0.3) is 0 Å². The van der Waals surface area contributed by atoms with Crippen molar-refractivity contribution in [2.75, 3.05) is 13.2 Å². The van der Waals surface area contributed by atoms with Crippen molar-refractivity contribution in [3.8, 4) is 5.75 Å². The van der Waals surface area contributed by atoms with Gasteiger partial charge in [0.15, 0.2) is 0 Å². The first-order chi connectivity index (χ1) is 10.1. The van der Waals surface area contributed by atoms with Gasteiger partial charge in [-0.1, -0.05) is 6.07 Å². The lowest BCUT2D eigenvalue weighted by atomic mass is 9.84. The molecule has 2 aliphatic carbocycles. The zero-order valence-corrected chi connectivity index (χ0v) is 13.2. The number of hydrogen-bond donors (Lipinski definition) is 2. The minimum absolute atomic E-state index is 0. The van der Waals surface area contributed by atoms with Crippen LogP contribution in [0.2, 0.25) is 0 Å². The van der Waals surface area contributed by atoms with E-state index in [-0.39, 0.29) is 36.1 Å². The van der Waals surface area contributed by atoms with E-state index in [9.17, 15) is 9.18 Å². The fourth-order valence-electron chi connectivity index (χ4n) is 3.74. The van der Waals surface area contributed by atoms with E-state index < -0.39 is 0 Å². The first-order valence-electron chi connectivity index (χ1n) is 7.57. The van der Waals surface area contributed by atoms with Gasteiger partial charge in [-0.15, -0.1) is 12.4 Å². The van der Waals surface area contributed by atoms with E-state index in [1.54, 1.807) is 12.1 Å². The Morgan fingerprint density at radius 2 is 2.14 bits per heavy atom. The van der Waals surface area contributed by atoms with Crippen LogP contribution in [0, 0.1) is 23.6 Å². The summed E-state index contributed by atoms with van der Waals surface area (Å²) in [6.07, 6.45) is 3.38. The molecule has 0 spiro atoms. The molecule has 0 radical (unpaired) electrons. The maximum Gasteiger partial charge on any atom is 0.225 e. The Hall–Kier alpha value is -1.33. The second-order valence-electron chi connectivity index (χ2n) is 6.03. The lowest BCUT2D eigenvalue weighted by molar-refractivity contribution is -0.127. The largest absolute Gasteiger partial charge is 0.492 e. The highest BCUT2D eigenvalue weighted by atomic mass is 35.5. The standard InChI is InChI=1S/C16H21FN2O2.ClH/c17-12-2-1-3-13(9-12)21-7-6-19-16(20)14-10-4-5-11(8-10)15(14)18;/h1-3,9-11,14-15H,4-8,18H2,(H,19,20);1H. The molecule has 22 heavy (non-hydrogen) atoms. The number of nitrogens with two attached hydrogens (primary N) is 1. The zero-order chi connectivity index (χ0) is 14.8. The molecule has 2 saturated carbocycles. The molecule has 2 aliphatic rings. The Balaban J connectivity index is 0.00000176. The first kappa shape index (κ1) is 17.0. The molecule has 0 heterocycles. The van der Waals surface area contributed by atoms with Crippen LogP contribution in [0.25, 0.3) is 0 Å². The van der Waals surface area contributed by atoms with Gasteiger partial charge in [0, 0.05) is 12.1 Å². The average molecular weight is 329 g/mol. The van der Waals surface area contributed by atoms with Gasteiger partial charge in [-0.2, -0.15) is 0 Å². The summed E-state index contributed by atoms with van der Waals surface area (Å²) in [4.78, 5) is 12.2. The van der Waals surface area contributed by atoms with Crippen molar-refractivity contribution in [2.45, 2.75) is 25.3 Å². The summed E-state index contributed by atoms with van der Waals surface area (Å²) in [5, 5.41) is 2.89. The number of benzene rings is 1. The van der Waals surface area contributed by atoms with Crippen molar-refractivity contribution in [2.24, 2.45) is 23.5 Å². The number of nitrogens with one attached hydrogen (secondary N) is 1. The molecular weight excluding hydrogens is 307 g/mol. The first-order valence-corrected chi connectivity index (χ1v) is 7.57. The molecule has 122 valence electrons. The Morgan fingerprint density at radius 3 is 2.82 bits per heavy atom. The highest BCUT2D eigenvalue weighted by Crippen LogP contribution is 2.47. The number of ether oxygens (including phenoxy) is 1. The molecule has 1 aromatic carbocycles. The zero-order valence-electron chi connectivity index (χ0n) is 12.3. The number of carbonyl (C=O) groups is 1. The highest BCUT2D eigenvalue weighted by molar-refractivity contribution is 5.85. The van der Waals surface area contributed by atoms with Crippen LogP contribution >= 0.6 is 12.4 Å². The van der Waals surface area contributed by atoms with E-state index >= 15 is 0 Å². The summed E-state index contributed by atoms with van der Waals surface area (Å²) in [5.41, 5.74) is 6.14. The van der Waals surface area contributed by atoms with Crippen molar-refractivity contribution < 1.29 is 13.9 Å². The van der Waals surface area contributed by atoms with Gasteiger partial charge >= 0.3 is 0 Å². The quantitative estimate of drug-likeness (QED) is 0.814. The SMILES string of the molecule is Cl.NC1C2CCC(C2)C1C(=O)NCCOc1cccc(F)c1. The lowest BCUT2D eigenvalue weighted by Crippen LogP contribution is -2.46. The van der Waals surface area contributed by atoms with Gasteiger partial charge in [0.2, 0.25) is 5.91 Å². The van der Waals surface area contributed by atoms with Gasteiger partial charge in [-0.05, 0) is 43.2 Å². The number of amides is 1. The number of hydrogen-bond acceptors (Lipinski definition) is 3. The van der Waals surface area contributed by atoms with Crippen molar-refractivity contribution in [3.05, 3.63) is 30.1 Å². The summed E-state index contributed by atoms with van der Waals surface area (Å²) in [5.74, 6) is 1.12. The van der Waals surface area contributed by atoms with Gasteiger partial charge in [-0.3, -0.25) is 4.79 Å². The third-order valence-corrected chi connectivity index (χ3v) is 4.75. The summed E-state index contributed by atoms with van der Waals surface area (Å²) < 4.78 is 18.4. The normalized spacial score (nSPS) is 29.0. The van der Waals surface area contributed by atoms with E-state index in [4.69, 9.17) is 10.5 Å². The van der Waals surface area contributed by atoms with Crippen LogP contribution in [0.3, 0.4) is 0 Å². The average Bonchev–Trinajstić information content (AvgIpc) is 3.04. The van der Waals surface area contributed by atoms with Crippen molar-refractivity contribution >= 4 is 18.3 Å². The Labute approximate surface area is 136 Å². The van der Waals surface area contributed by atoms with Crippen LogP contribution in [0.5, 0.6) is 5.75 Å². The number of fused-ring (bicyclic) bond motifs is 2. The fourth-order valence-corrected chi connectivity index (χ4v) is 3.74. The number of rotatable bonds is 5. The monoisotopic (exact) mass is 328 g/mol. The number of carbonyl (C=O) groups excluding carboxylic acids is 1. The molecule has 4 nitrogen and oxygen atoms in total. The predicted octanol–water partition coefficient (Wildman–Crippen LogP) is 2.12. The molecule has 0 saturated heterocycles. The van der Waals surface area contributed by atoms with Crippen molar-refractivity contribution in [1.82, 2.24) is 5.32 Å². The van der Waals surface area contributed by atoms with Crippen molar-refractivity contribution in [1.29, 1.82) is 0 Å². The molecule has 1 aromatic rings. The van der Waals surface area contributed by atoms with Gasteiger partial charge < -0.3 is 15.8 Å². The molecule has 0 aromatic heterocycles. The summed E-state index contributed by atoms with van der Waals surface area (Å²) in [7, 11) is 0. The van der Waals surface area contributed by atoms with E-state index in [1.165, 1.54) is 12.1 Å². The third-order valence-electron chi connectivity index (χ3n) is 4.75. The van der Waals surface area contributed by atoms with Gasteiger partial charge in [-0.25, -0.2) is 4.39 Å². The third kappa shape index (κ3) is 3.52. The van der Waals surface area contributed by atoms with E-state index in [1.807, 2.05) is 0 Å². The van der Waals surface area contributed by atoms with Crippen molar-refractivity contribution in [3.63, 3.8) is 0 Å². The fraction of sp³-hybridized carbons (Fsp3) is 0.562. The van der Waals surface area contributed by atoms with E-state index in [0.29, 0.717) is 30.7 Å². The molecule has 4 atom stereocenters. The Morgan fingerprint density at radius 1 is 1.36 bits per heavy atom. The smallest absolute Gasteiger partial charge is 0.225 e. The molecule has 6 heteroatoms. The van der Waals surface area contributed by atoms with Crippen LogP contribution < -0.4 is 15.8 Å². The summed E-state index contributed by atoms with van der Waals surface area (Å²) in [6, 6.07) is 5.99. The van der Waals surface area contributed by atoms with Crippen LogP contribution in [0.1, 0.15) is 19.3 Å². The Bertz CT molecular complexity index is 527. The maximum absolute atomic E-state index is 13.0. The van der Waals surface area contributed by atoms with Gasteiger partial charge in [0.05, 0.1) is 12.5 Å². The molecule has 2 bridgehead atoms. The molecule has 2 fully saturated rings. The molecule has 4 unspecified atom stereocenters. The minimum Gasteiger partial charge on any atom is -0.492 e. The van der Waals surface area contributed by atoms with Crippen LogP contribution in [-0.2, 0) is 4.79 Å². The predicted molar refractivity (Wildman–Crippen MR) is 84.4 cm³/mol. The molecule has 0 aliphatic heterocycles. The van der Waals surface area contributed by atoms with E-state index in [0.717, 1.165) is 19.3 Å². The summed E-state index contributed by atoms with van der Waals surface area (Å²) in [6.45, 7) is 0.737. The molecule has 3 N–H and O–H groups in total.